The van der Waals surface area contributed by atoms with Crippen molar-refractivity contribution in [3.8, 4) is 5.75 Å². The first-order valence-corrected chi connectivity index (χ1v) is 9.77. The first-order chi connectivity index (χ1) is 14.1. The zero-order chi connectivity index (χ0) is 20.5. The van der Waals surface area contributed by atoms with Gasteiger partial charge in [-0.1, -0.05) is 48.6 Å². The van der Waals surface area contributed by atoms with E-state index in [0.29, 0.717) is 25.1 Å². The fourth-order valence-corrected chi connectivity index (χ4v) is 3.14. The van der Waals surface area contributed by atoms with Crippen molar-refractivity contribution in [1.29, 1.82) is 0 Å². The second-order valence-corrected chi connectivity index (χ2v) is 6.93. The molecule has 0 fully saturated rings. The van der Waals surface area contributed by atoms with Gasteiger partial charge in [-0.2, -0.15) is 0 Å². The number of carbonyl (C=O) groups is 2. The summed E-state index contributed by atoms with van der Waals surface area (Å²) in [4.78, 5) is 23.8. The molecule has 1 amide bonds. The van der Waals surface area contributed by atoms with E-state index in [2.05, 4.69) is 17.5 Å². The number of carboxylic acid groups (broad SMARTS) is 1. The Labute approximate surface area is 170 Å². The number of ether oxygens (including phenoxy) is 1. The van der Waals surface area contributed by atoms with Gasteiger partial charge in [0.05, 0.1) is 0 Å². The number of hydrogen-bond donors (Lipinski definition) is 2. The number of carbonyl (C=O) groups excluding carboxylic acids is 1. The summed E-state index contributed by atoms with van der Waals surface area (Å²) in [6, 6.07) is 15.0. The number of para-hydroxylation sites is 1. The fraction of sp³-hybridized carbons (Fsp3) is 0.250. The van der Waals surface area contributed by atoms with Crippen LogP contribution in [0.4, 0.5) is 0 Å². The lowest BCUT2D eigenvalue weighted by molar-refractivity contribution is -0.136. The van der Waals surface area contributed by atoms with Crippen LogP contribution >= 0.6 is 0 Å². The summed E-state index contributed by atoms with van der Waals surface area (Å²) >= 11 is 0. The smallest absolute Gasteiger partial charge is 0.303 e. The van der Waals surface area contributed by atoms with Crippen molar-refractivity contribution in [3.05, 3.63) is 89.0 Å². The van der Waals surface area contributed by atoms with Crippen LogP contribution in [0.5, 0.6) is 5.75 Å². The molecule has 0 aliphatic heterocycles. The molecule has 5 heteroatoms. The maximum absolute atomic E-state index is 12.8. The minimum absolute atomic E-state index is 0.0198. The van der Waals surface area contributed by atoms with Gasteiger partial charge in [0.1, 0.15) is 12.4 Å². The normalized spacial score (nSPS) is 12.9. The maximum atomic E-state index is 12.8. The van der Waals surface area contributed by atoms with E-state index in [1.165, 1.54) is 0 Å². The molecule has 150 valence electrons. The largest absolute Gasteiger partial charge is 0.489 e. The van der Waals surface area contributed by atoms with Crippen molar-refractivity contribution in [3.63, 3.8) is 0 Å². The zero-order valence-electron chi connectivity index (χ0n) is 16.3. The molecule has 1 aliphatic carbocycles. The Morgan fingerprint density at radius 2 is 1.90 bits per heavy atom. The van der Waals surface area contributed by atoms with Gasteiger partial charge in [0.15, 0.2) is 0 Å². The molecular formula is C24H25NO4. The summed E-state index contributed by atoms with van der Waals surface area (Å²) in [6.07, 6.45) is 8.54. The lowest BCUT2D eigenvalue weighted by Crippen LogP contribution is -2.27. The average Bonchev–Trinajstić information content (AvgIpc) is 2.76. The molecule has 0 heterocycles. The van der Waals surface area contributed by atoms with Crippen molar-refractivity contribution in [1.82, 2.24) is 5.32 Å². The quantitative estimate of drug-likeness (QED) is 0.669. The van der Waals surface area contributed by atoms with Crippen molar-refractivity contribution in [2.45, 2.75) is 32.3 Å². The molecule has 0 saturated heterocycles. The predicted molar refractivity (Wildman–Crippen MR) is 112 cm³/mol. The Bertz CT molecular complexity index is 916. The summed E-state index contributed by atoms with van der Waals surface area (Å²) in [6.45, 7) is 0.788. The molecule has 0 radical (unpaired) electrons. The number of carboxylic acids is 1. The molecule has 0 bridgehead atoms. The van der Waals surface area contributed by atoms with E-state index in [4.69, 9.17) is 9.84 Å². The number of allylic oxidation sites excluding steroid dienone is 2. The Morgan fingerprint density at radius 1 is 1.07 bits per heavy atom. The molecule has 0 atom stereocenters. The molecule has 2 aromatic rings. The van der Waals surface area contributed by atoms with Gasteiger partial charge in [0, 0.05) is 18.5 Å². The van der Waals surface area contributed by atoms with Gasteiger partial charge >= 0.3 is 5.97 Å². The summed E-state index contributed by atoms with van der Waals surface area (Å²) in [5.74, 6) is -0.332. The van der Waals surface area contributed by atoms with Crippen LogP contribution in [0.1, 0.15) is 40.7 Å². The fourth-order valence-electron chi connectivity index (χ4n) is 3.14. The first-order valence-electron chi connectivity index (χ1n) is 9.77. The maximum Gasteiger partial charge on any atom is 0.303 e. The Balaban J connectivity index is 1.72. The van der Waals surface area contributed by atoms with Gasteiger partial charge in [-0.15, -0.1) is 0 Å². The van der Waals surface area contributed by atoms with Crippen molar-refractivity contribution in [2.75, 3.05) is 6.54 Å². The second-order valence-electron chi connectivity index (χ2n) is 6.93. The molecule has 0 unspecified atom stereocenters. The van der Waals surface area contributed by atoms with Gasteiger partial charge < -0.3 is 15.2 Å². The van der Waals surface area contributed by atoms with E-state index in [0.717, 1.165) is 35.3 Å². The summed E-state index contributed by atoms with van der Waals surface area (Å²) in [5, 5.41) is 12.0. The molecule has 2 aromatic carbocycles. The number of rotatable bonds is 9. The van der Waals surface area contributed by atoms with E-state index >= 15 is 0 Å². The Hall–Kier alpha value is -3.34. The number of benzene rings is 2. The molecular weight excluding hydrogens is 366 g/mol. The summed E-state index contributed by atoms with van der Waals surface area (Å²) in [5.41, 5.74) is 3.16. The SMILES string of the molecule is O=C(O)CCc1ccc(COc2ccccc2)cc1C(=O)NCC1=CCCC=C1. The number of aliphatic carboxylic acids is 1. The predicted octanol–water partition coefficient (Wildman–Crippen LogP) is 4.29. The van der Waals surface area contributed by atoms with E-state index in [-0.39, 0.29) is 12.3 Å². The highest BCUT2D eigenvalue weighted by atomic mass is 16.5. The van der Waals surface area contributed by atoms with Crippen LogP contribution in [-0.2, 0) is 17.8 Å². The summed E-state index contributed by atoms with van der Waals surface area (Å²) < 4.78 is 5.78. The third-order valence-electron chi connectivity index (χ3n) is 4.70. The van der Waals surface area contributed by atoms with Crippen LogP contribution in [-0.4, -0.2) is 23.5 Å². The van der Waals surface area contributed by atoms with Crippen molar-refractivity contribution in [2.24, 2.45) is 0 Å². The third kappa shape index (κ3) is 6.35. The van der Waals surface area contributed by atoms with Crippen LogP contribution < -0.4 is 10.1 Å². The van der Waals surface area contributed by atoms with E-state index in [1.54, 1.807) is 6.07 Å². The monoisotopic (exact) mass is 391 g/mol. The number of aryl methyl sites for hydroxylation is 1. The van der Waals surface area contributed by atoms with Gasteiger partial charge in [-0.05, 0) is 54.2 Å². The zero-order valence-corrected chi connectivity index (χ0v) is 16.3. The highest BCUT2D eigenvalue weighted by molar-refractivity contribution is 5.96. The van der Waals surface area contributed by atoms with Crippen LogP contribution in [0.25, 0.3) is 0 Å². The van der Waals surface area contributed by atoms with E-state index in [1.807, 2.05) is 48.5 Å². The van der Waals surface area contributed by atoms with Gasteiger partial charge in [-0.25, -0.2) is 0 Å². The van der Waals surface area contributed by atoms with Gasteiger partial charge in [0.25, 0.3) is 5.91 Å². The molecule has 0 aromatic heterocycles. The molecule has 0 saturated carbocycles. The topological polar surface area (TPSA) is 75.6 Å². The molecule has 2 N–H and O–H groups in total. The summed E-state index contributed by atoms with van der Waals surface area (Å²) in [7, 11) is 0. The second kappa shape index (κ2) is 10.3. The first kappa shape index (κ1) is 20.4. The highest BCUT2D eigenvalue weighted by Crippen LogP contribution is 2.18. The van der Waals surface area contributed by atoms with Gasteiger partial charge in [-0.3, -0.25) is 9.59 Å². The van der Waals surface area contributed by atoms with Crippen LogP contribution in [0, 0.1) is 0 Å². The van der Waals surface area contributed by atoms with Crippen LogP contribution in [0.3, 0.4) is 0 Å². The molecule has 3 rings (SSSR count). The molecule has 5 nitrogen and oxygen atoms in total. The van der Waals surface area contributed by atoms with E-state index < -0.39 is 5.97 Å². The average molecular weight is 391 g/mol. The Kier molecular flexibility index (Phi) is 7.22. The van der Waals surface area contributed by atoms with Crippen LogP contribution in [0.15, 0.2) is 72.3 Å². The standard InChI is InChI=1S/C24H25NO4/c26-23(27)14-13-20-12-11-19(17-29-21-9-5-2-6-10-21)15-22(20)24(28)25-16-18-7-3-1-4-8-18/h2-3,5-12,15H,1,4,13-14,16-17H2,(H,25,28)(H,26,27). The minimum Gasteiger partial charge on any atom is -0.489 e. The van der Waals surface area contributed by atoms with Crippen molar-refractivity contribution >= 4 is 11.9 Å². The third-order valence-corrected chi connectivity index (χ3v) is 4.70. The van der Waals surface area contributed by atoms with Crippen LogP contribution in [0.2, 0.25) is 0 Å². The minimum atomic E-state index is -0.884. The van der Waals surface area contributed by atoms with E-state index in [9.17, 15) is 9.59 Å². The van der Waals surface area contributed by atoms with Crippen molar-refractivity contribution < 1.29 is 19.4 Å². The Morgan fingerprint density at radius 3 is 2.62 bits per heavy atom. The molecule has 1 aliphatic rings. The lowest BCUT2D eigenvalue weighted by atomic mass is 9.99. The number of hydrogen-bond acceptors (Lipinski definition) is 3. The molecule has 29 heavy (non-hydrogen) atoms. The number of nitrogens with one attached hydrogen (secondary N) is 1. The lowest BCUT2D eigenvalue weighted by Gasteiger charge is -2.14. The van der Waals surface area contributed by atoms with Gasteiger partial charge in [0.2, 0.25) is 0 Å². The highest BCUT2D eigenvalue weighted by Gasteiger charge is 2.14. The molecule has 0 spiro atoms. The number of amides is 1.